The van der Waals surface area contributed by atoms with Crippen LogP contribution in [0.5, 0.6) is 0 Å². The van der Waals surface area contributed by atoms with E-state index in [1.165, 1.54) is 18.5 Å². The number of benzene rings is 1. The Hall–Kier alpha value is -1.78. The van der Waals surface area contributed by atoms with Crippen molar-refractivity contribution >= 4 is 0 Å². The van der Waals surface area contributed by atoms with E-state index in [1.54, 1.807) is 4.57 Å². The number of nitrogens with zero attached hydrogens (tertiary/aromatic N) is 3. The predicted octanol–water partition coefficient (Wildman–Crippen LogP) is 2.74. The Morgan fingerprint density at radius 1 is 1.29 bits per heavy atom. The first kappa shape index (κ1) is 11.7. The Morgan fingerprint density at radius 2 is 2.06 bits per heavy atom. The molecule has 0 atom stereocenters. The van der Waals surface area contributed by atoms with Gasteiger partial charge in [-0.3, -0.25) is 4.57 Å². The van der Waals surface area contributed by atoms with Crippen LogP contribution in [0.3, 0.4) is 0 Å². The van der Waals surface area contributed by atoms with Crippen molar-refractivity contribution in [3.8, 4) is 5.69 Å². The van der Waals surface area contributed by atoms with Crippen molar-refractivity contribution in [3.05, 3.63) is 42.0 Å². The lowest BCUT2D eigenvalue weighted by molar-refractivity contribution is 0.570. The summed E-state index contributed by atoms with van der Waals surface area (Å²) in [6.07, 6.45) is 2.13. The fraction of sp³-hybridized carbons (Fsp3) is 0.333. The zero-order chi connectivity index (χ0) is 12.4. The molecule has 1 aromatic carbocycles. The largest absolute Gasteiger partial charge is 0.283 e. The highest BCUT2D eigenvalue weighted by molar-refractivity contribution is 5.34. The van der Waals surface area contributed by atoms with E-state index in [4.69, 9.17) is 0 Å². The summed E-state index contributed by atoms with van der Waals surface area (Å²) in [4.78, 5) is 0. The highest BCUT2D eigenvalue weighted by Crippen LogP contribution is 2.17. The molecule has 0 saturated heterocycles. The summed E-state index contributed by atoms with van der Waals surface area (Å²) >= 11 is 0. The molecule has 0 saturated carbocycles. The van der Waals surface area contributed by atoms with Gasteiger partial charge in [-0.15, -0.1) is 10.2 Å². The molecule has 0 unspecified atom stereocenters. The molecule has 0 aliphatic carbocycles. The van der Waals surface area contributed by atoms with Crippen molar-refractivity contribution < 1.29 is 8.78 Å². The van der Waals surface area contributed by atoms with Crippen molar-refractivity contribution in [2.24, 2.45) is 5.92 Å². The van der Waals surface area contributed by atoms with E-state index in [0.29, 0.717) is 18.2 Å². The summed E-state index contributed by atoms with van der Waals surface area (Å²) in [5.74, 6) is -0.147. The molecule has 2 rings (SSSR count). The van der Waals surface area contributed by atoms with E-state index in [9.17, 15) is 8.78 Å². The lowest BCUT2D eigenvalue weighted by Gasteiger charge is -2.09. The van der Waals surface area contributed by atoms with Gasteiger partial charge in [0.05, 0.1) is 5.69 Å². The predicted molar refractivity (Wildman–Crippen MR) is 59.8 cm³/mol. The molecule has 0 bridgehead atoms. The zero-order valence-corrected chi connectivity index (χ0v) is 9.69. The molecular formula is C12H13F2N3. The van der Waals surface area contributed by atoms with Gasteiger partial charge in [-0.1, -0.05) is 13.8 Å². The van der Waals surface area contributed by atoms with Crippen LogP contribution in [-0.2, 0) is 6.42 Å². The Bertz CT molecular complexity index is 520. The van der Waals surface area contributed by atoms with E-state index in [1.807, 2.05) is 13.8 Å². The van der Waals surface area contributed by atoms with Crippen LogP contribution in [0.25, 0.3) is 5.69 Å². The molecule has 2 aromatic rings. The average molecular weight is 237 g/mol. The van der Waals surface area contributed by atoms with Gasteiger partial charge < -0.3 is 0 Å². The Kier molecular flexibility index (Phi) is 3.17. The minimum atomic E-state index is -0.616. The van der Waals surface area contributed by atoms with Crippen LogP contribution in [0, 0.1) is 17.6 Å². The quantitative estimate of drug-likeness (QED) is 0.821. The molecule has 1 heterocycles. The monoisotopic (exact) mass is 237 g/mol. The molecule has 3 nitrogen and oxygen atoms in total. The standard InChI is InChI=1S/C12H13F2N3/c1-8(2)5-12-16-15-7-17(12)11-4-3-9(13)6-10(11)14/h3-4,6-8H,5H2,1-2H3. The smallest absolute Gasteiger partial charge is 0.150 e. The zero-order valence-electron chi connectivity index (χ0n) is 9.69. The fourth-order valence-electron chi connectivity index (χ4n) is 1.64. The fourth-order valence-corrected chi connectivity index (χ4v) is 1.64. The van der Waals surface area contributed by atoms with Gasteiger partial charge in [0.25, 0.3) is 0 Å². The first-order valence-electron chi connectivity index (χ1n) is 5.42. The highest BCUT2D eigenvalue weighted by Gasteiger charge is 2.12. The second-order valence-electron chi connectivity index (χ2n) is 4.31. The lowest BCUT2D eigenvalue weighted by atomic mass is 10.1. The number of rotatable bonds is 3. The van der Waals surface area contributed by atoms with Gasteiger partial charge in [0, 0.05) is 12.5 Å². The van der Waals surface area contributed by atoms with Crippen LogP contribution in [-0.4, -0.2) is 14.8 Å². The molecule has 0 radical (unpaired) electrons. The molecule has 17 heavy (non-hydrogen) atoms. The Morgan fingerprint density at radius 3 is 2.71 bits per heavy atom. The third-order valence-corrected chi connectivity index (χ3v) is 2.38. The number of halogens is 2. The summed E-state index contributed by atoms with van der Waals surface area (Å²) in [6.45, 7) is 4.08. The van der Waals surface area contributed by atoms with Gasteiger partial charge in [-0.2, -0.15) is 0 Å². The van der Waals surface area contributed by atoms with Crippen LogP contribution in [0.2, 0.25) is 0 Å². The number of aromatic nitrogens is 3. The van der Waals surface area contributed by atoms with E-state index < -0.39 is 11.6 Å². The van der Waals surface area contributed by atoms with Crippen molar-refractivity contribution in [1.82, 2.24) is 14.8 Å². The maximum atomic E-state index is 13.6. The van der Waals surface area contributed by atoms with Gasteiger partial charge in [0.2, 0.25) is 0 Å². The minimum absolute atomic E-state index is 0.270. The lowest BCUT2D eigenvalue weighted by Crippen LogP contribution is -2.06. The third-order valence-electron chi connectivity index (χ3n) is 2.38. The van der Waals surface area contributed by atoms with Gasteiger partial charge in [0.15, 0.2) is 0 Å². The second-order valence-corrected chi connectivity index (χ2v) is 4.31. The van der Waals surface area contributed by atoms with Crippen molar-refractivity contribution in [2.75, 3.05) is 0 Å². The number of hydrogen-bond donors (Lipinski definition) is 0. The van der Waals surface area contributed by atoms with Gasteiger partial charge >= 0.3 is 0 Å². The maximum Gasteiger partial charge on any atom is 0.150 e. The SMILES string of the molecule is CC(C)Cc1nncn1-c1ccc(F)cc1F. The summed E-state index contributed by atoms with van der Waals surface area (Å²) < 4.78 is 28.0. The van der Waals surface area contributed by atoms with Crippen LogP contribution in [0.4, 0.5) is 8.78 Å². The molecule has 0 N–H and O–H groups in total. The summed E-state index contributed by atoms with van der Waals surface area (Å²) in [5, 5.41) is 7.72. The molecule has 5 heteroatoms. The molecule has 0 fully saturated rings. The van der Waals surface area contributed by atoms with Crippen LogP contribution < -0.4 is 0 Å². The Labute approximate surface area is 98.1 Å². The first-order valence-corrected chi connectivity index (χ1v) is 5.42. The third kappa shape index (κ3) is 2.49. The molecule has 0 amide bonds. The van der Waals surface area contributed by atoms with E-state index in [2.05, 4.69) is 10.2 Å². The van der Waals surface area contributed by atoms with Gasteiger partial charge in [0.1, 0.15) is 23.8 Å². The molecule has 90 valence electrons. The van der Waals surface area contributed by atoms with Crippen LogP contribution in [0.15, 0.2) is 24.5 Å². The number of hydrogen-bond acceptors (Lipinski definition) is 2. The average Bonchev–Trinajstić information content (AvgIpc) is 2.65. The van der Waals surface area contributed by atoms with E-state index in [0.717, 1.165) is 6.07 Å². The minimum Gasteiger partial charge on any atom is -0.283 e. The van der Waals surface area contributed by atoms with Crippen LogP contribution in [0.1, 0.15) is 19.7 Å². The molecule has 0 spiro atoms. The second kappa shape index (κ2) is 4.61. The Balaban J connectivity index is 2.42. The molecule has 0 aliphatic heterocycles. The van der Waals surface area contributed by atoms with Crippen molar-refractivity contribution in [2.45, 2.75) is 20.3 Å². The van der Waals surface area contributed by atoms with Crippen molar-refractivity contribution in [3.63, 3.8) is 0 Å². The topological polar surface area (TPSA) is 30.7 Å². The summed E-state index contributed by atoms with van der Waals surface area (Å²) in [7, 11) is 0. The maximum absolute atomic E-state index is 13.6. The van der Waals surface area contributed by atoms with Gasteiger partial charge in [-0.05, 0) is 18.1 Å². The normalized spacial score (nSPS) is 11.1. The summed E-state index contributed by atoms with van der Waals surface area (Å²) in [5.41, 5.74) is 0.270. The molecule has 0 aliphatic rings. The van der Waals surface area contributed by atoms with Crippen LogP contribution >= 0.6 is 0 Å². The van der Waals surface area contributed by atoms with Gasteiger partial charge in [-0.25, -0.2) is 8.78 Å². The van der Waals surface area contributed by atoms with E-state index >= 15 is 0 Å². The first-order chi connectivity index (χ1) is 8.08. The van der Waals surface area contributed by atoms with Crippen molar-refractivity contribution in [1.29, 1.82) is 0 Å². The molecular weight excluding hydrogens is 224 g/mol. The highest BCUT2D eigenvalue weighted by atomic mass is 19.1. The summed E-state index contributed by atoms with van der Waals surface area (Å²) in [6, 6.07) is 3.46. The van der Waals surface area contributed by atoms with E-state index in [-0.39, 0.29) is 5.69 Å². The molecule has 1 aromatic heterocycles.